The van der Waals surface area contributed by atoms with Crippen LogP contribution in [0.2, 0.25) is 0 Å². The average Bonchev–Trinajstić information content (AvgIpc) is 2.71. The van der Waals surface area contributed by atoms with E-state index in [1.165, 1.54) is 26.0 Å². The fourth-order valence-corrected chi connectivity index (χ4v) is 2.56. The van der Waals surface area contributed by atoms with Crippen molar-refractivity contribution in [3.63, 3.8) is 0 Å². The molecule has 0 radical (unpaired) electrons. The predicted octanol–water partition coefficient (Wildman–Crippen LogP) is 4.55. The molecule has 0 heterocycles. The van der Waals surface area contributed by atoms with Crippen molar-refractivity contribution in [3.05, 3.63) is 83.1 Å². The van der Waals surface area contributed by atoms with Crippen LogP contribution in [-0.2, 0) is 20.9 Å². The molecule has 0 aliphatic rings. The molecule has 0 aliphatic carbocycles. The third kappa shape index (κ3) is 6.37. The first-order chi connectivity index (χ1) is 13.5. The van der Waals surface area contributed by atoms with Crippen molar-refractivity contribution in [2.24, 2.45) is 5.16 Å². The minimum atomic E-state index is -1.09. The fraction of sp³-hybridized carbons (Fsp3) is 0.261. The largest absolute Gasteiger partial charge is 0.504 e. The maximum Gasteiger partial charge on any atom is 0.184 e. The van der Waals surface area contributed by atoms with E-state index >= 15 is 0 Å². The van der Waals surface area contributed by atoms with Crippen molar-refractivity contribution >= 4 is 17.4 Å². The van der Waals surface area contributed by atoms with Gasteiger partial charge in [-0.3, -0.25) is 0 Å². The molecule has 0 amide bonds. The van der Waals surface area contributed by atoms with Gasteiger partial charge in [0.2, 0.25) is 0 Å². The van der Waals surface area contributed by atoms with Gasteiger partial charge in [0.15, 0.2) is 6.29 Å². The van der Waals surface area contributed by atoms with Crippen molar-refractivity contribution in [1.82, 2.24) is 0 Å². The van der Waals surface area contributed by atoms with Crippen LogP contribution < -0.4 is 0 Å². The molecule has 0 spiro atoms. The zero-order chi connectivity index (χ0) is 20.4. The molecule has 5 nitrogen and oxygen atoms in total. The molecule has 0 saturated heterocycles. The van der Waals surface area contributed by atoms with E-state index in [0.717, 1.165) is 22.4 Å². The lowest BCUT2D eigenvalue weighted by molar-refractivity contribution is -0.0287. The first-order valence-electron chi connectivity index (χ1n) is 8.98. The zero-order valence-electron chi connectivity index (χ0n) is 16.8. The summed E-state index contributed by atoms with van der Waals surface area (Å²) in [6.07, 6.45) is 4.26. The number of methoxy groups -OCH3 is 2. The highest BCUT2D eigenvalue weighted by atomic mass is 16.6. The van der Waals surface area contributed by atoms with Gasteiger partial charge in [0.25, 0.3) is 0 Å². The summed E-state index contributed by atoms with van der Waals surface area (Å²) in [5, 5.41) is 14.2. The summed E-state index contributed by atoms with van der Waals surface area (Å²) in [6, 6.07) is 15.8. The number of nitrogens with zero attached hydrogens (tertiary/aromatic N) is 1. The highest BCUT2D eigenvalue weighted by Gasteiger charge is 2.16. The topological polar surface area (TPSA) is 60.3 Å². The molecular formula is C23H27NO4. The average molecular weight is 381 g/mol. The van der Waals surface area contributed by atoms with E-state index in [1.807, 2.05) is 43.3 Å². The molecule has 2 aromatic carbocycles. The van der Waals surface area contributed by atoms with Crippen molar-refractivity contribution in [3.8, 4) is 0 Å². The Balaban J connectivity index is 2.07. The predicted molar refractivity (Wildman–Crippen MR) is 113 cm³/mol. The molecule has 0 aliphatic heterocycles. The maximum absolute atomic E-state index is 10.1. The lowest BCUT2D eigenvalue weighted by Gasteiger charge is -2.16. The molecule has 148 valence electrons. The van der Waals surface area contributed by atoms with Crippen LogP contribution in [0.25, 0.3) is 11.6 Å². The van der Waals surface area contributed by atoms with Crippen LogP contribution in [0.3, 0.4) is 0 Å². The highest BCUT2D eigenvalue weighted by molar-refractivity contribution is 5.95. The Morgan fingerprint density at radius 2 is 1.82 bits per heavy atom. The lowest BCUT2D eigenvalue weighted by atomic mass is 10.0. The summed E-state index contributed by atoms with van der Waals surface area (Å²) in [6.45, 7) is 4.19. The number of aliphatic hydroxyl groups is 1. The normalized spacial score (nSPS) is 13.6. The molecule has 0 bridgehead atoms. The second-order valence-corrected chi connectivity index (χ2v) is 6.30. The van der Waals surface area contributed by atoms with Crippen molar-refractivity contribution in [2.45, 2.75) is 26.7 Å². The Labute approximate surface area is 166 Å². The number of aliphatic hydroxyl groups excluding tert-OH is 1. The van der Waals surface area contributed by atoms with E-state index in [-0.39, 0.29) is 6.61 Å². The minimum Gasteiger partial charge on any atom is -0.504 e. The molecule has 2 rings (SSSR count). The number of rotatable bonds is 9. The first kappa shape index (κ1) is 21.4. The standard InChI is InChI=1S/C23H27NO4/c1-17-9-12-19(13-10-17)14-11-18(2)24-28-15-20-7-5-6-8-21(20)22(16-26-3)23(25)27-4/h5-14,16,23,25H,15H2,1-4H3/b14-11+,22-16+,24-18-. The summed E-state index contributed by atoms with van der Waals surface area (Å²) in [5.41, 5.74) is 5.24. The van der Waals surface area contributed by atoms with E-state index in [4.69, 9.17) is 14.3 Å². The van der Waals surface area contributed by atoms with Crippen LogP contribution in [0, 0.1) is 6.92 Å². The Kier molecular flexibility index (Phi) is 8.46. The number of oxime groups is 1. The van der Waals surface area contributed by atoms with E-state index in [1.54, 1.807) is 0 Å². The summed E-state index contributed by atoms with van der Waals surface area (Å²) in [5.74, 6) is 0. The Bertz CT molecular complexity index is 838. The number of aryl methyl sites for hydroxylation is 1. The number of ether oxygens (including phenoxy) is 2. The molecule has 1 N–H and O–H groups in total. The number of allylic oxidation sites excluding steroid dienone is 1. The fourth-order valence-electron chi connectivity index (χ4n) is 2.56. The van der Waals surface area contributed by atoms with E-state index in [0.29, 0.717) is 5.57 Å². The Morgan fingerprint density at radius 1 is 1.11 bits per heavy atom. The third-order valence-electron chi connectivity index (χ3n) is 4.09. The highest BCUT2D eigenvalue weighted by Crippen LogP contribution is 2.24. The van der Waals surface area contributed by atoms with Crippen LogP contribution in [0.1, 0.15) is 29.2 Å². The third-order valence-corrected chi connectivity index (χ3v) is 4.09. The smallest absolute Gasteiger partial charge is 0.184 e. The van der Waals surface area contributed by atoms with Crippen LogP contribution in [-0.4, -0.2) is 31.3 Å². The number of benzene rings is 2. The van der Waals surface area contributed by atoms with E-state index in [9.17, 15) is 5.11 Å². The molecule has 5 heteroatoms. The second-order valence-electron chi connectivity index (χ2n) is 6.30. The van der Waals surface area contributed by atoms with Gasteiger partial charge in [0.05, 0.1) is 19.1 Å². The molecule has 0 fully saturated rings. The molecule has 0 saturated carbocycles. The molecule has 28 heavy (non-hydrogen) atoms. The van der Waals surface area contributed by atoms with Gasteiger partial charge < -0.3 is 19.4 Å². The quantitative estimate of drug-likeness (QED) is 0.300. The number of hydrogen-bond donors (Lipinski definition) is 1. The summed E-state index contributed by atoms with van der Waals surface area (Å²) < 4.78 is 10.1. The van der Waals surface area contributed by atoms with E-state index in [2.05, 4.69) is 36.3 Å². The van der Waals surface area contributed by atoms with Gasteiger partial charge in [-0.15, -0.1) is 0 Å². The van der Waals surface area contributed by atoms with Gasteiger partial charge in [-0.1, -0.05) is 65.3 Å². The summed E-state index contributed by atoms with van der Waals surface area (Å²) >= 11 is 0. The van der Waals surface area contributed by atoms with Gasteiger partial charge in [-0.2, -0.15) is 0 Å². The van der Waals surface area contributed by atoms with Crippen LogP contribution in [0.4, 0.5) is 0 Å². The molecule has 0 aromatic heterocycles. The van der Waals surface area contributed by atoms with Crippen molar-refractivity contribution in [1.29, 1.82) is 0 Å². The van der Waals surface area contributed by atoms with Gasteiger partial charge in [-0.05, 0) is 36.6 Å². The lowest BCUT2D eigenvalue weighted by Crippen LogP contribution is -2.13. The number of hydrogen-bond acceptors (Lipinski definition) is 5. The van der Waals surface area contributed by atoms with Gasteiger partial charge in [-0.25, -0.2) is 0 Å². The molecule has 1 atom stereocenters. The van der Waals surface area contributed by atoms with Crippen molar-refractivity contribution < 1.29 is 19.4 Å². The molecule has 2 aromatic rings. The SMILES string of the molecule is CO/C=C(\c1ccccc1CO/N=C(C)\C=C\c1ccc(C)cc1)C(O)OC. The van der Waals surface area contributed by atoms with Crippen LogP contribution >= 0.6 is 0 Å². The van der Waals surface area contributed by atoms with E-state index < -0.39 is 6.29 Å². The van der Waals surface area contributed by atoms with Crippen LogP contribution in [0.15, 0.2) is 66.0 Å². The van der Waals surface area contributed by atoms with Crippen molar-refractivity contribution in [2.75, 3.05) is 14.2 Å². The Morgan fingerprint density at radius 3 is 2.50 bits per heavy atom. The second kappa shape index (κ2) is 11.1. The van der Waals surface area contributed by atoms with Gasteiger partial charge in [0, 0.05) is 12.7 Å². The summed E-state index contributed by atoms with van der Waals surface area (Å²) in [7, 11) is 2.96. The molecular weight excluding hydrogens is 354 g/mol. The Hall–Kier alpha value is -2.89. The van der Waals surface area contributed by atoms with Gasteiger partial charge in [0.1, 0.15) is 6.61 Å². The van der Waals surface area contributed by atoms with Gasteiger partial charge >= 0.3 is 0 Å². The van der Waals surface area contributed by atoms with Crippen LogP contribution in [0.5, 0.6) is 0 Å². The first-order valence-corrected chi connectivity index (χ1v) is 8.98. The summed E-state index contributed by atoms with van der Waals surface area (Å²) in [4.78, 5) is 5.52. The monoisotopic (exact) mass is 381 g/mol. The zero-order valence-corrected chi connectivity index (χ0v) is 16.8. The maximum atomic E-state index is 10.1. The minimum absolute atomic E-state index is 0.253. The molecule has 1 unspecified atom stereocenters.